The molecule has 1 fully saturated rings. The zero-order chi connectivity index (χ0) is 14.7. The van der Waals surface area contributed by atoms with Crippen molar-refractivity contribution in [2.24, 2.45) is 0 Å². The van der Waals surface area contributed by atoms with Crippen LogP contribution in [0.3, 0.4) is 0 Å². The lowest BCUT2D eigenvalue weighted by Crippen LogP contribution is -2.35. The van der Waals surface area contributed by atoms with E-state index in [4.69, 9.17) is 4.74 Å². The number of carbonyl (C=O) groups is 1. The fraction of sp³-hybridized carbons (Fsp3) is 0.417. The van der Waals surface area contributed by atoms with Gasteiger partial charge in [-0.05, 0) is 12.5 Å². The van der Waals surface area contributed by atoms with Gasteiger partial charge in [-0.15, -0.1) is 0 Å². The molecule has 1 saturated heterocycles. The SMILES string of the molecule is COc1cc([N+](=O)[O-])ccc1NC(=O)C1CC(O)CN1. The molecule has 0 radical (unpaired) electrons. The molecule has 0 spiro atoms. The topological polar surface area (TPSA) is 114 Å². The molecule has 1 aliphatic heterocycles. The second-order valence-corrected chi connectivity index (χ2v) is 4.48. The van der Waals surface area contributed by atoms with Crippen LogP contribution < -0.4 is 15.4 Å². The number of β-amino-alcohol motifs (C(OH)–C–C–N with tert-alkyl or cyclic N) is 1. The molecule has 3 N–H and O–H groups in total. The van der Waals surface area contributed by atoms with E-state index in [-0.39, 0.29) is 17.3 Å². The largest absolute Gasteiger partial charge is 0.494 e. The number of anilines is 1. The fourth-order valence-corrected chi connectivity index (χ4v) is 2.03. The number of nitrogens with zero attached hydrogens (tertiary/aromatic N) is 1. The van der Waals surface area contributed by atoms with Gasteiger partial charge >= 0.3 is 0 Å². The molecular weight excluding hydrogens is 266 g/mol. The average molecular weight is 281 g/mol. The zero-order valence-corrected chi connectivity index (χ0v) is 10.8. The number of amides is 1. The zero-order valence-electron chi connectivity index (χ0n) is 10.8. The van der Waals surface area contributed by atoms with Crippen molar-refractivity contribution in [3.63, 3.8) is 0 Å². The van der Waals surface area contributed by atoms with Crippen molar-refractivity contribution in [2.75, 3.05) is 19.0 Å². The van der Waals surface area contributed by atoms with Gasteiger partial charge in [-0.2, -0.15) is 0 Å². The summed E-state index contributed by atoms with van der Waals surface area (Å²) >= 11 is 0. The number of non-ortho nitro benzene ring substituents is 1. The monoisotopic (exact) mass is 281 g/mol. The van der Waals surface area contributed by atoms with Gasteiger partial charge in [0.05, 0.1) is 35.9 Å². The Kier molecular flexibility index (Phi) is 4.16. The van der Waals surface area contributed by atoms with Gasteiger partial charge in [-0.3, -0.25) is 14.9 Å². The number of nitro groups is 1. The van der Waals surface area contributed by atoms with Gasteiger partial charge in [0.25, 0.3) is 5.69 Å². The molecule has 0 bridgehead atoms. The van der Waals surface area contributed by atoms with Crippen LogP contribution in [0.5, 0.6) is 5.75 Å². The summed E-state index contributed by atoms with van der Waals surface area (Å²) in [5.74, 6) is -0.0974. The minimum atomic E-state index is -0.539. The summed E-state index contributed by atoms with van der Waals surface area (Å²) < 4.78 is 5.03. The molecule has 0 saturated carbocycles. The van der Waals surface area contributed by atoms with Crippen LogP contribution >= 0.6 is 0 Å². The van der Waals surface area contributed by atoms with Crippen molar-refractivity contribution < 1.29 is 19.6 Å². The summed E-state index contributed by atoms with van der Waals surface area (Å²) in [4.78, 5) is 22.1. The van der Waals surface area contributed by atoms with Gasteiger partial charge in [0, 0.05) is 12.6 Å². The molecule has 0 aliphatic carbocycles. The highest BCUT2D eigenvalue weighted by Gasteiger charge is 2.28. The molecular formula is C12H15N3O5. The van der Waals surface area contributed by atoms with Crippen LogP contribution in [0.15, 0.2) is 18.2 Å². The van der Waals surface area contributed by atoms with Crippen LogP contribution in [0.25, 0.3) is 0 Å². The Morgan fingerprint density at radius 3 is 2.90 bits per heavy atom. The maximum Gasteiger partial charge on any atom is 0.273 e. The van der Waals surface area contributed by atoms with Gasteiger partial charge in [-0.1, -0.05) is 0 Å². The number of nitrogens with one attached hydrogen (secondary N) is 2. The number of hydrogen-bond acceptors (Lipinski definition) is 6. The van der Waals surface area contributed by atoms with Crippen molar-refractivity contribution in [3.8, 4) is 5.75 Å². The van der Waals surface area contributed by atoms with Crippen molar-refractivity contribution in [3.05, 3.63) is 28.3 Å². The summed E-state index contributed by atoms with van der Waals surface area (Å²) in [7, 11) is 1.37. The van der Waals surface area contributed by atoms with E-state index in [2.05, 4.69) is 10.6 Å². The second kappa shape index (κ2) is 5.85. The molecule has 2 unspecified atom stereocenters. The van der Waals surface area contributed by atoms with Crippen LogP contribution in [-0.4, -0.2) is 41.7 Å². The number of carbonyl (C=O) groups excluding carboxylic acids is 1. The quantitative estimate of drug-likeness (QED) is 0.539. The standard InChI is InChI=1S/C12H15N3O5/c1-20-11-4-7(15(18)19)2-3-9(11)14-12(17)10-5-8(16)6-13-10/h2-4,8,10,13,16H,5-6H2,1H3,(H,14,17). The van der Waals surface area contributed by atoms with Crippen LogP contribution in [0.1, 0.15) is 6.42 Å². The highest BCUT2D eigenvalue weighted by Crippen LogP contribution is 2.29. The molecule has 20 heavy (non-hydrogen) atoms. The molecule has 1 aromatic carbocycles. The van der Waals surface area contributed by atoms with Gasteiger partial charge in [0.1, 0.15) is 5.75 Å². The van der Waals surface area contributed by atoms with Crippen LogP contribution in [0.2, 0.25) is 0 Å². The lowest BCUT2D eigenvalue weighted by atomic mass is 10.2. The van der Waals surface area contributed by atoms with Crippen molar-refractivity contribution in [1.29, 1.82) is 0 Å². The minimum Gasteiger partial charge on any atom is -0.494 e. The highest BCUT2D eigenvalue weighted by atomic mass is 16.6. The summed E-state index contributed by atoms with van der Waals surface area (Å²) in [6.45, 7) is 0.371. The summed E-state index contributed by atoms with van der Waals surface area (Å²) in [6, 6.07) is 3.46. The molecule has 108 valence electrons. The molecule has 1 heterocycles. The maximum absolute atomic E-state index is 12.0. The number of rotatable bonds is 4. The van der Waals surface area contributed by atoms with E-state index in [0.29, 0.717) is 18.7 Å². The van der Waals surface area contributed by atoms with Crippen LogP contribution in [0, 0.1) is 10.1 Å². The lowest BCUT2D eigenvalue weighted by molar-refractivity contribution is -0.384. The Hall–Kier alpha value is -2.19. The average Bonchev–Trinajstić information content (AvgIpc) is 2.85. The minimum absolute atomic E-state index is 0.116. The normalized spacial score (nSPS) is 21.5. The predicted octanol–water partition coefficient (Wildman–Crippen LogP) is 0.265. The lowest BCUT2D eigenvalue weighted by Gasteiger charge is -2.13. The smallest absolute Gasteiger partial charge is 0.273 e. The molecule has 2 atom stereocenters. The van der Waals surface area contributed by atoms with Crippen LogP contribution in [0.4, 0.5) is 11.4 Å². The highest BCUT2D eigenvalue weighted by molar-refractivity contribution is 5.96. The van der Waals surface area contributed by atoms with Gasteiger partial charge < -0.3 is 20.5 Å². The van der Waals surface area contributed by atoms with Crippen molar-refractivity contribution >= 4 is 17.3 Å². The Morgan fingerprint density at radius 2 is 2.35 bits per heavy atom. The first-order chi connectivity index (χ1) is 9.51. The maximum atomic E-state index is 12.0. The van der Waals surface area contributed by atoms with Crippen molar-refractivity contribution in [2.45, 2.75) is 18.6 Å². The van der Waals surface area contributed by atoms with E-state index in [1.165, 1.54) is 25.3 Å². The number of aliphatic hydroxyl groups is 1. The van der Waals surface area contributed by atoms with E-state index in [1.54, 1.807) is 0 Å². The van der Waals surface area contributed by atoms with E-state index in [1.807, 2.05) is 0 Å². The third kappa shape index (κ3) is 3.03. The first-order valence-electron chi connectivity index (χ1n) is 6.06. The third-order valence-corrected chi connectivity index (χ3v) is 3.08. The van der Waals surface area contributed by atoms with E-state index >= 15 is 0 Å². The van der Waals surface area contributed by atoms with E-state index in [0.717, 1.165) is 0 Å². The van der Waals surface area contributed by atoms with Gasteiger partial charge in [0.2, 0.25) is 5.91 Å². The number of nitro benzene ring substituents is 1. The number of hydrogen-bond donors (Lipinski definition) is 3. The molecule has 8 heteroatoms. The molecule has 2 rings (SSSR count). The molecule has 1 aliphatic rings. The number of methoxy groups -OCH3 is 1. The Morgan fingerprint density at radius 1 is 1.60 bits per heavy atom. The molecule has 1 aromatic rings. The molecule has 8 nitrogen and oxygen atoms in total. The van der Waals surface area contributed by atoms with Crippen molar-refractivity contribution in [1.82, 2.24) is 5.32 Å². The first-order valence-corrected chi connectivity index (χ1v) is 6.06. The second-order valence-electron chi connectivity index (χ2n) is 4.48. The van der Waals surface area contributed by atoms with Gasteiger partial charge in [0.15, 0.2) is 0 Å². The molecule has 1 amide bonds. The Bertz CT molecular complexity index is 534. The molecule has 0 aromatic heterocycles. The van der Waals surface area contributed by atoms with Crippen LogP contribution in [-0.2, 0) is 4.79 Å². The van der Waals surface area contributed by atoms with E-state index < -0.39 is 17.1 Å². The number of aliphatic hydroxyl groups excluding tert-OH is 1. The summed E-state index contributed by atoms with van der Waals surface area (Å²) in [6.07, 6.45) is -0.203. The summed E-state index contributed by atoms with van der Waals surface area (Å²) in [5.41, 5.74) is 0.237. The Balaban J connectivity index is 2.12. The van der Waals surface area contributed by atoms with E-state index in [9.17, 15) is 20.0 Å². The first kappa shape index (κ1) is 14.2. The predicted molar refractivity (Wildman–Crippen MR) is 70.7 cm³/mol. The Labute approximate surface area is 114 Å². The number of ether oxygens (including phenoxy) is 1. The fourth-order valence-electron chi connectivity index (χ4n) is 2.03. The third-order valence-electron chi connectivity index (χ3n) is 3.08. The summed E-state index contributed by atoms with van der Waals surface area (Å²) in [5, 5.41) is 25.6. The van der Waals surface area contributed by atoms with Gasteiger partial charge in [-0.25, -0.2) is 0 Å². The number of benzene rings is 1.